The van der Waals surface area contributed by atoms with Crippen LogP contribution in [0.3, 0.4) is 0 Å². The molecule has 0 unspecified atom stereocenters. The normalized spacial score (nSPS) is 10.4. The molecule has 0 fully saturated rings. The van der Waals surface area contributed by atoms with E-state index in [1.165, 1.54) is 11.8 Å². The first-order valence-electron chi connectivity index (χ1n) is 7.96. The van der Waals surface area contributed by atoms with Crippen LogP contribution in [0.5, 0.6) is 0 Å². The highest BCUT2D eigenvalue weighted by Gasteiger charge is 2.15. The minimum Gasteiger partial charge on any atom is -0.332 e. The van der Waals surface area contributed by atoms with Crippen LogP contribution in [-0.2, 0) is 0 Å². The van der Waals surface area contributed by atoms with Gasteiger partial charge in [-0.3, -0.25) is 0 Å². The Morgan fingerprint density at radius 3 is 2.12 bits per heavy atom. The Morgan fingerprint density at radius 2 is 1.50 bits per heavy atom. The van der Waals surface area contributed by atoms with Gasteiger partial charge in [0.25, 0.3) is 0 Å². The van der Waals surface area contributed by atoms with Gasteiger partial charge in [-0.15, -0.1) is 10.2 Å². The summed E-state index contributed by atoms with van der Waals surface area (Å²) in [5.41, 5.74) is 4.25. The summed E-state index contributed by atoms with van der Waals surface area (Å²) >= 11 is 1.38. The first-order valence-corrected chi connectivity index (χ1v) is 8.77. The summed E-state index contributed by atoms with van der Waals surface area (Å²) in [6, 6.07) is 25.5. The van der Waals surface area contributed by atoms with Crippen LogP contribution < -0.4 is 0 Å². The fourth-order valence-electron chi connectivity index (χ4n) is 2.55. The van der Waals surface area contributed by atoms with E-state index in [9.17, 15) is 0 Å². The maximum atomic E-state index is 8.83. The molecule has 2 heterocycles. The summed E-state index contributed by atoms with van der Waals surface area (Å²) in [7, 11) is 0. The van der Waals surface area contributed by atoms with Crippen molar-refractivity contribution in [1.29, 1.82) is 5.26 Å². The fraction of sp³-hybridized carbons (Fsp3) is 0. The highest BCUT2D eigenvalue weighted by Crippen LogP contribution is 2.34. The molecule has 2 aromatic heterocycles. The van der Waals surface area contributed by atoms with Crippen molar-refractivity contribution in [3.8, 4) is 28.6 Å². The molecule has 6 heteroatoms. The van der Waals surface area contributed by atoms with Gasteiger partial charge >= 0.3 is 0 Å². The number of nitrogens with one attached hydrogen (secondary N) is 1. The summed E-state index contributed by atoms with van der Waals surface area (Å²) in [4.78, 5) is 8.16. The van der Waals surface area contributed by atoms with E-state index >= 15 is 0 Å². The predicted octanol–water partition coefficient (Wildman–Crippen LogP) is 4.56. The molecule has 0 amide bonds. The van der Waals surface area contributed by atoms with Crippen molar-refractivity contribution >= 4 is 11.8 Å². The first kappa shape index (κ1) is 16.1. The molecule has 0 spiro atoms. The fourth-order valence-corrected chi connectivity index (χ4v) is 3.26. The van der Waals surface area contributed by atoms with E-state index in [2.05, 4.69) is 27.3 Å². The number of aromatic amines is 1. The third-order valence-electron chi connectivity index (χ3n) is 3.75. The molecule has 0 saturated heterocycles. The molecule has 2 aromatic carbocycles. The van der Waals surface area contributed by atoms with E-state index in [1.54, 1.807) is 12.1 Å². The summed E-state index contributed by atoms with van der Waals surface area (Å²) in [6.45, 7) is 0. The summed E-state index contributed by atoms with van der Waals surface area (Å²) in [5.74, 6) is 0. The van der Waals surface area contributed by atoms with Gasteiger partial charge in [0.1, 0.15) is 11.1 Å². The van der Waals surface area contributed by atoms with E-state index in [0.29, 0.717) is 10.7 Å². The summed E-state index contributed by atoms with van der Waals surface area (Å²) in [6.07, 6.45) is 0. The van der Waals surface area contributed by atoms with Gasteiger partial charge in [0.05, 0.1) is 11.4 Å². The average molecular weight is 355 g/mol. The van der Waals surface area contributed by atoms with E-state index in [-0.39, 0.29) is 0 Å². The molecule has 0 aliphatic heterocycles. The van der Waals surface area contributed by atoms with Gasteiger partial charge < -0.3 is 4.98 Å². The van der Waals surface area contributed by atoms with Crippen molar-refractivity contribution in [3.05, 3.63) is 78.5 Å². The Bertz CT molecular complexity index is 994. The minimum absolute atomic E-state index is 0.295. The topological polar surface area (TPSA) is 78.2 Å². The second-order valence-electron chi connectivity index (χ2n) is 5.47. The Balaban J connectivity index is 1.74. The maximum Gasteiger partial charge on any atom is 0.172 e. The van der Waals surface area contributed by atoms with Crippen LogP contribution in [0.2, 0.25) is 0 Å². The van der Waals surface area contributed by atoms with Gasteiger partial charge in [-0.1, -0.05) is 60.7 Å². The SMILES string of the molecule is N#Cc1ccc(Sc2nc(-c3ccccc3)c(-c3ccccc3)[nH]2)nn1. The van der Waals surface area contributed by atoms with Crippen LogP contribution in [0.15, 0.2) is 83.0 Å². The first-order chi connectivity index (χ1) is 12.8. The van der Waals surface area contributed by atoms with Crippen molar-refractivity contribution in [3.63, 3.8) is 0 Å². The second-order valence-corrected chi connectivity index (χ2v) is 6.48. The summed E-state index contributed by atoms with van der Waals surface area (Å²) in [5, 5.41) is 18.2. The minimum atomic E-state index is 0.295. The quantitative estimate of drug-likeness (QED) is 0.581. The molecule has 5 nitrogen and oxygen atoms in total. The summed E-state index contributed by atoms with van der Waals surface area (Å²) < 4.78 is 0. The standard InChI is InChI=1S/C20H13N5S/c21-13-16-11-12-17(25-24-16)26-20-22-18(14-7-3-1-4-8-14)19(23-20)15-9-5-2-6-10-15/h1-12H,(H,22,23). The smallest absolute Gasteiger partial charge is 0.172 e. The van der Waals surface area contributed by atoms with Crippen molar-refractivity contribution in [2.24, 2.45) is 0 Å². The lowest BCUT2D eigenvalue weighted by Crippen LogP contribution is -1.89. The van der Waals surface area contributed by atoms with Crippen molar-refractivity contribution in [1.82, 2.24) is 20.2 Å². The number of imidazole rings is 1. The highest BCUT2D eigenvalue weighted by atomic mass is 32.2. The van der Waals surface area contributed by atoms with Crippen LogP contribution in [0.1, 0.15) is 5.69 Å². The molecule has 0 radical (unpaired) electrons. The van der Waals surface area contributed by atoms with Crippen molar-refractivity contribution < 1.29 is 0 Å². The van der Waals surface area contributed by atoms with E-state index in [4.69, 9.17) is 10.2 Å². The number of aromatic nitrogens is 4. The number of benzene rings is 2. The lowest BCUT2D eigenvalue weighted by Gasteiger charge is -2.02. The van der Waals surface area contributed by atoms with Crippen LogP contribution in [-0.4, -0.2) is 20.2 Å². The van der Waals surface area contributed by atoms with Crippen LogP contribution in [0.25, 0.3) is 22.5 Å². The maximum absolute atomic E-state index is 8.83. The third-order valence-corrected chi connectivity index (χ3v) is 4.56. The molecule has 4 aromatic rings. The van der Waals surface area contributed by atoms with Gasteiger partial charge in [-0.25, -0.2) is 4.98 Å². The molecule has 0 aliphatic carbocycles. The lowest BCUT2D eigenvalue weighted by atomic mass is 10.1. The Kier molecular flexibility index (Phi) is 4.46. The van der Waals surface area contributed by atoms with E-state index in [0.717, 1.165) is 27.7 Å². The second kappa shape index (κ2) is 7.21. The Hall–Kier alpha value is -3.43. The zero-order valence-electron chi connectivity index (χ0n) is 13.6. The molecule has 0 bridgehead atoms. The molecular weight excluding hydrogens is 342 g/mol. The zero-order chi connectivity index (χ0) is 17.8. The van der Waals surface area contributed by atoms with Crippen LogP contribution in [0.4, 0.5) is 0 Å². The van der Waals surface area contributed by atoms with Gasteiger partial charge in [-0.05, 0) is 23.9 Å². The van der Waals surface area contributed by atoms with Crippen LogP contribution >= 0.6 is 11.8 Å². The van der Waals surface area contributed by atoms with Crippen LogP contribution in [0, 0.1) is 11.3 Å². The van der Waals surface area contributed by atoms with Gasteiger partial charge in [0.2, 0.25) is 0 Å². The molecule has 4 rings (SSSR count). The average Bonchev–Trinajstić information content (AvgIpc) is 3.14. The van der Waals surface area contributed by atoms with Crippen molar-refractivity contribution in [2.75, 3.05) is 0 Å². The molecule has 1 N–H and O–H groups in total. The van der Waals surface area contributed by atoms with Gasteiger partial charge in [0.15, 0.2) is 10.9 Å². The number of nitriles is 1. The van der Waals surface area contributed by atoms with Gasteiger partial charge in [0, 0.05) is 11.1 Å². The number of rotatable bonds is 4. The lowest BCUT2D eigenvalue weighted by molar-refractivity contribution is 0.909. The zero-order valence-corrected chi connectivity index (χ0v) is 14.4. The molecule has 0 saturated carbocycles. The molecule has 26 heavy (non-hydrogen) atoms. The molecular formula is C20H13N5S. The Morgan fingerprint density at radius 1 is 0.808 bits per heavy atom. The number of hydrogen-bond acceptors (Lipinski definition) is 5. The molecule has 0 atom stereocenters. The molecule has 124 valence electrons. The number of nitrogens with zero attached hydrogens (tertiary/aromatic N) is 4. The highest BCUT2D eigenvalue weighted by molar-refractivity contribution is 7.99. The number of H-pyrrole nitrogens is 1. The monoisotopic (exact) mass is 355 g/mol. The van der Waals surface area contributed by atoms with Crippen molar-refractivity contribution in [2.45, 2.75) is 10.2 Å². The largest absolute Gasteiger partial charge is 0.332 e. The Labute approximate surface area is 154 Å². The molecule has 0 aliphatic rings. The van der Waals surface area contributed by atoms with Gasteiger partial charge in [-0.2, -0.15) is 5.26 Å². The van der Waals surface area contributed by atoms with E-state index in [1.807, 2.05) is 54.6 Å². The predicted molar refractivity (Wildman–Crippen MR) is 100 cm³/mol. The number of hydrogen-bond donors (Lipinski definition) is 1. The van der Waals surface area contributed by atoms with E-state index < -0.39 is 0 Å². The third kappa shape index (κ3) is 3.34.